The number of sulfonamides is 1. The van der Waals surface area contributed by atoms with Gasteiger partial charge in [-0.1, -0.05) is 44.0 Å². The summed E-state index contributed by atoms with van der Waals surface area (Å²) in [7, 11) is -3.97. The molecule has 11 heteroatoms. The second kappa shape index (κ2) is 12.8. The Kier molecular flexibility index (Phi) is 10.5. The van der Waals surface area contributed by atoms with Gasteiger partial charge in [0.05, 0.1) is 17.0 Å². The number of benzene rings is 2. The molecular formula is C24H30ClF2N3O4S. The fourth-order valence-corrected chi connectivity index (χ4v) is 4.48. The molecule has 0 bridgehead atoms. The van der Waals surface area contributed by atoms with Crippen molar-refractivity contribution in [2.45, 2.75) is 45.7 Å². The largest absolute Gasteiger partial charge is 0.354 e. The summed E-state index contributed by atoms with van der Waals surface area (Å²) in [6.45, 7) is 3.48. The summed E-state index contributed by atoms with van der Waals surface area (Å²) in [6.07, 6.45) is 2.82. The number of amides is 2. The predicted molar refractivity (Wildman–Crippen MR) is 133 cm³/mol. The first-order chi connectivity index (χ1) is 16.5. The minimum atomic E-state index is -3.97. The van der Waals surface area contributed by atoms with Crippen LogP contribution in [0.1, 0.15) is 38.7 Å². The van der Waals surface area contributed by atoms with Gasteiger partial charge in [-0.25, -0.2) is 17.2 Å². The van der Waals surface area contributed by atoms with Gasteiger partial charge in [0.1, 0.15) is 24.2 Å². The van der Waals surface area contributed by atoms with E-state index in [0.717, 1.165) is 35.5 Å². The summed E-state index contributed by atoms with van der Waals surface area (Å²) in [5.41, 5.74) is 0.574. The Labute approximate surface area is 210 Å². The van der Waals surface area contributed by atoms with E-state index >= 15 is 0 Å². The molecule has 0 heterocycles. The molecule has 1 N–H and O–H groups in total. The molecule has 35 heavy (non-hydrogen) atoms. The van der Waals surface area contributed by atoms with Gasteiger partial charge in [0.2, 0.25) is 21.8 Å². The Bertz CT molecular complexity index is 1130. The normalized spacial score (nSPS) is 12.2. The number of carbonyl (C=O) groups excluding carboxylic acids is 2. The molecule has 0 saturated heterocycles. The van der Waals surface area contributed by atoms with Crippen molar-refractivity contribution in [1.29, 1.82) is 0 Å². The molecule has 0 aromatic heterocycles. The zero-order valence-corrected chi connectivity index (χ0v) is 21.5. The minimum Gasteiger partial charge on any atom is -0.354 e. The lowest BCUT2D eigenvalue weighted by atomic mass is 10.1. The molecule has 0 radical (unpaired) electrons. The van der Waals surface area contributed by atoms with Gasteiger partial charge in [-0.2, -0.15) is 0 Å². The van der Waals surface area contributed by atoms with E-state index in [4.69, 9.17) is 11.6 Å². The van der Waals surface area contributed by atoms with E-state index in [9.17, 15) is 26.8 Å². The van der Waals surface area contributed by atoms with Crippen molar-refractivity contribution in [2.75, 3.05) is 23.7 Å². The number of nitrogens with one attached hydrogen (secondary N) is 1. The Hall–Kier alpha value is -2.72. The van der Waals surface area contributed by atoms with Crippen molar-refractivity contribution in [2.24, 2.45) is 0 Å². The molecule has 0 fully saturated rings. The van der Waals surface area contributed by atoms with E-state index in [0.29, 0.717) is 12.1 Å². The molecule has 0 unspecified atom stereocenters. The van der Waals surface area contributed by atoms with Crippen LogP contribution in [0.2, 0.25) is 5.02 Å². The number of halogens is 3. The first kappa shape index (κ1) is 28.5. The number of rotatable bonds is 12. The second-order valence-electron chi connectivity index (χ2n) is 8.08. The molecule has 192 valence electrons. The highest BCUT2D eigenvalue weighted by atomic mass is 35.5. The average molecular weight is 530 g/mol. The summed E-state index contributed by atoms with van der Waals surface area (Å²) in [5, 5.41) is 2.51. The molecule has 2 aromatic rings. The van der Waals surface area contributed by atoms with Crippen molar-refractivity contribution in [1.82, 2.24) is 10.2 Å². The highest BCUT2D eigenvalue weighted by Crippen LogP contribution is 2.25. The SMILES string of the molecule is CCCCNC(=O)[C@@H](CC)N(Cc1ccc(F)cc1)C(=O)CN(c1ccc(F)c(Cl)c1)S(C)(=O)=O. The van der Waals surface area contributed by atoms with E-state index in [1.165, 1.54) is 35.2 Å². The molecule has 0 saturated carbocycles. The molecule has 7 nitrogen and oxygen atoms in total. The van der Waals surface area contributed by atoms with Crippen LogP contribution in [0.25, 0.3) is 0 Å². The zero-order chi connectivity index (χ0) is 26.2. The fourth-order valence-electron chi connectivity index (χ4n) is 3.47. The summed E-state index contributed by atoms with van der Waals surface area (Å²) in [5.74, 6) is -2.21. The highest BCUT2D eigenvalue weighted by Gasteiger charge is 2.31. The van der Waals surface area contributed by atoms with Crippen LogP contribution in [0.3, 0.4) is 0 Å². The molecule has 0 aliphatic carbocycles. The average Bonchev–Trinajstić information content (AvgIpc) is 2.80. The van der Waals surface area contributed by atoms with Crippen LogP contribution in [0, 0.1) is 11.6 Å². The van der Waals surface area contributed by atoms with Crippen LogP contribution in [-0.2, 0) is 26.2 Å². The van der Waals surface area contributed by atoms with Gasteiger partial charge in [-0.05, 0) is 48.7 Å². The number of unbranched alkanes of at least 4 members (excludes halogenated alkanes) is 1. The quantitative estimate of drug-likeness (QED) is 0.419. The summed E-state index contributed by atoms with van der Waals surface area (Å²) < 4.78 is 52.9. The van der Waals surface area contributed by atoms with Crippen LogP contribution in [-0.4, -0.2) is 50.5 Å². The van der Waals surface area contributed by atoms with Crippen LogP contribution in [0.5, 0.6) is 0 Å². The monoisotopic (exact) mass is 529 g/mol. The Morgan fingerprint density at radius 2 is 1.74 bits per heavy atom. The van der Waals surface area contributed by atoms with Crippen molar-refractivity contribution >= 4 is 39.1 Å². The van der Waals surface area contributed by atoms with Gasteiger partial charge >= 0.3 is 0 Å². The molecular weight excluding hydrogens is 500 g/mol. The van der Waals surface area contributed by atoms with Gasteiger partial charge < -0.3 is 10.2 Å². The number of carbonyl (C=O) groups is 2. The van der Waals surface area contributed by atoms with Crippen molar-refractivity contribution in [3.63, 3.8) is 0 Å². The molecule has 2 aromatic carbocycles. The van der Waals surface area contributed by atoms with Gasteiger partial charge in [-0.3, -0.25) is 13.9 Å². The van der Waals surface area contributed by atoms with E-state index in [1.54, 1.807) is 6.92 Å². The Balaban J connectivity index is 2.41. The number of hydrogen-bond donors (Lipinski definition) is 1. The highest BCUT2D eigenvalue weighted by molar-refractivity contribution is 7.92. The summed E-state index contributed by atoms with van der Waals surface area (Å²) >= 11 is 5.83. The van der Waals surface area contributed by atoms with Gasteiger partial charge in [0.25, 0.3) is 0 Å². The van der Waals surface area contributed by atoms with Crippen LogP contribution < -0.4 is 9.62 Å². The molecule has 0 aliphatic heterocycles. The van der Waals surface area contributed by atoms with E-state index in [1.807, 2.05) is 6.92 Å². The summed E-state index contributed by atoms with van der Waals surface area (Å²) in [6, 6.07) is 7.90. The molecule has 0 spiro atoms. The third-order valence-corrected chi connectivity index (χ3v) is 6.78. The van der Waals surface area contributed by atoms with E-state index in [2.05, 4.69) is 5.32 Å². The standard InChI is InChI=1S/C24H30ClF2N3O4S/c1-4-6-13-28-24(32)22(5-2)29(15-17-7-9-18(26)10-8-17)23(31)16-30(35(3,33)34)19-11-12-21(27)20(25)14-19/h7-12,14,22H,4-6,13,15-16H2,1-3H3,(H,28,32)/t22-/m1/s1. The smallest absolute Gasteiger partial charge is 0.244 e. The van der Waals surface area contributed by atoms with Crippen molar-refractivity contribution in [3.05, 3.63) is 64.7 Å². The zero-order valence-electron chi connectivity index (χ0n) is 19.9. The van der Waals surface area contributed by atoms with Crippen LogP contribution in [0.15, 0.2) is 42.5 Å². The minimum absolute atomic E-state index is 0.00873. The van der Waals surface area contributed by atoms with Gasteiger partial charge in [0.15, 0.2) is 0 Å². The number of nitrogens with zero attached hydrogens (tertiary/aromatic N) is 2. The van der Waals surface area contributed by atoms with E-state index < -0.39 is 40.2 Å². The lowest BCUT2D eigenvalue weighted by Crippen LogP contribution is -2.52. The maximum Gasteiger partial charge on any atom is 0.244 e. The third kappa shape index (κ3) is 8.17. The lowest BCUT2D eigenvalue weighted by Gasteiger charge is -2.33. The van der Waals surface area contributed by atoms with Crippen LogP contribution >= 0.6 is 11.6 Å². The summed E-state index contributed by atoms with van der Waals surface area (Å²) in [4.78, 5) is 27.7. The molecule has 2 rings (SSSR count). The maximum absolute atomic E-state index is 13.6. The first-order valence-electron chi connectivity index (χ1n) is 11.2. The van der Waals surface area contributed by atoms with Crippen molar-refractivity contribution < 1.29 is 26.8 Å². The molecule has 0 aliphatic rings. The van der Waals surface area contributed by atoms with Crippen molar-refractivity contribution in [3.8, 4) is 0 Å². The Morgan fingerprint density at radius 1 is 1.09 bits per heavy atom. The molecule has 2 amide bonds. The lowest BCUT2D eigenvalue weighted by molar-refractivity contribution is -0.140. The second-order valence-corrected chi connectivity index (χ2v) is 10.4. The topological polar surface area (TPSA) is 86.8 Å². The van der Waals surface area contributed by atoms with Gasteiger partial charge in [-0.15, -0.1) is 0 Å². The van der Waals surface area contributed by atoms with Gasteiger partial charge in [0, 0.05) is 13.1 Å². The first-order valence-corrected chi connectivity index (χ1v) is 13.4. The maximum atomic E-state index is 13.6. The van der Waals surface area contributed by atoms with Crippen LogP contribution in [0.4, 0.5) is 14.5 Å². The number of hydrogen-bond acceptors (Lipinski definition) is 4. The number of anilines is 1. The predicted octanol–water partition coefficient (Wildman–Crippen LogP) is 4.11. The van der Waals surface area contributed by atoms with E-state index in [-0.39, 0.29) is 29.6 Å². The Morgan fingerprint density at radius 3 is 2.29 bits per heavy atom. The third-order valence-electron chi connectivity index (χ3n) is 5.35. The molecule has 1 atom stereocenters. The fraction of sp³-hybridized carbons (Fsp3) is 0.417.